The van der Waals surface area contributed by atoms with E-state index < -0.39 is 0 Å². The molecule has 0 aromatic carbocycles. The molecule has 2 aliphatic rings. The summed E-state index contributed by atoms with van der Waals surface area (Å²) in [5.74, 6) is 0.608. The van der Waals surface area contributed by atoms with Crippen LogP contribution in [0.2, 0.25) is 0 Å². The van der Waals surface area contributed by atoms with Crippen molar-refractivity contribution >= 4 is 6.41 Å². The van der Waals surface area contributed by atoms with Crippen molar-refractivity contribution in [1.29, 1.82) is 0 Å². The Kier molecular flexibility index (Phi) is 6.23. The number of nitrogens with one attached hydrogen (secondary N) is 1. The van der Waals surface area contributed by atoms with Crippen LogP contribution >= 0.6 is 0 Å². The van der Waals surface area contributed by atoms with Crippen LogP contribution in [0.5, 0.6) is 5.88 Å². The van der Waals surface area contributed by atoms with Crippen LogP contribution in [-0.2, 0) is 9.53 Å². The van der Waals surface area contributed by atoms with Crippen molar-refractivity contribution in [1.82, 2.24) is 20.1 Å². The lowest BCUT2D eigenvalue weighted by molar-refractivity contribution is -0.111. The van der Waals surface area contributed by atoms with Gasteiger partial charge in [0.05, 0.1) is 24.9 Å². The molecule has 2 unspecified atom stereocenters. The summed E-state index contributed by atoms with van der Waals surface area (Å²) in [6.45, 7) is 2.35. The number of hydrogen-bond acceptors (Lipinski definition) is 6. The van der Waals surface area contributed by atoms with Gasteiger partial charge in [-0.1, -0.05) is 6.07 Å². The number of likely N-dealkylation sites (N-methyl/N-ethyl adjacent to an activating group) is 2. The summed E-state index contributed by atoms with van der Waals surface area (Å²) in [5.41, 5.74) is 0. The summed E-state index contributed by atoms with van der Waals surface area (Å²) in [4.78, 5) is 19.6. The lowest BCUT2D eigenvalue weighted by Gasteiger charge is -2.28. The molecule has 25 heavy (non-hydrogen) atoms. The van der Waals surface area contributed by atoms with E-state index in [2.05, 4.69) is 27.1 Å². The second kappa shape index (κ2) is 8.60. The highest BCUT2D eigenvalue weighted by Crippen LogP contribution is 2.26. The molecule has 1 aromatic rings. The quantitative estimate of drug-likeness (QED) is 0.698. The fourth-order valence-electron chi connectivity index (χ4n) is 3.73. The Labute approximate surface area is 149 Å². The molecule has 0 spiro atoms. The van der Waals surface area contributed by atoms with Crippen molar-refractivity contribution in [3.63, 3.8) is 0 Å². The van der Waals surface area contributed by atoms with Crippen molar-refractivity contribution in [3.8, 4) is 5.88 Å². The van der Waals surface area contributed by atoms with Crippen LogP contribution in [0.1, 0.15) is 19.3 Å². The molecule has 3 rings (SSSR count). The van der Waals surface area contributed by atoms with Crippen LogP contribution < -0.4 is 10.1 Å². The molecule has 7 heteroatoms. The van der Waals surface area contributed by atoms with Gasteiger partial charge in [-0.3, -0.25) is 9.69 Å². The summed E-state index contributed by atoms with van der Waals surface area (Å²) < 4.78 is 12.1. The van der Waals surface area contributed by atoms with E-state index in [-0.39, 0.29) is 18.3 Å². The van der Waals surface area contributed by atoms with E-state index in [1.165, 1.54) is 12.8 Å². The lowest BCUT2D eigenvalue weighted by atomic mass is 10.1. The van der Waals surface area contributed by atoms with E-state index in [9.17, 15) is 4.79 Å². The molecule has 7 nitrogen and oxygen atoms in total. The minimum Gasteiger partial charge on any atom is -0.476 e. The van der Waals surface area contributed by atoms with Gasteiger partial charge in [-0.05, 0) is 39.5 Å². The maximum atomic E-state index is 10.9. The van der Waals surface area contributed by atoms with Gasteiger partial charge in [0.1, 0.15) is 6.61 Å². The molecule has 0 saturated carbocycles. The van der Waals surface area contributed by atoms with E-state index in [1.54, 1.807) is 6.20 Å². The number of amides is 1. The fraction of sp³-hybridized carbons (Fsp3) is 0.667. The number of carbonyl (C=O) groups is 1. The minimum absolute atomic E-state index is 0.0267. The topological polar surface area (TPSA) is 66.9 Å². The molecule has 0 aliphatic carbocycles. The van der Waals surface area contributed by atoms with Crippen LogP contribution in [0.3, 0.4) is 0 Å². The third-order valence-electron chi connectivity index (χ3n) is 5.37. The lowest BCUT2D eigenvalue weighted by Crippen LogP contribution is -2.45. The maximum Gasteiger partial charge on any atom is 0.213 e. The Bertz CT molecular complexity index is 544. The molecule has 2 aliphatic heterocycles. The number of hydrogen-bond donors (Lipinski definition) is 1. The second-order valence-corrected chi connectivity index (χ2v) is 6.90. The summed E-state index contributed by atoms with van der Waals surface area (Å²) in [6, 6.07) is 6.18. The van der Waals surface area contributed by atoms with Crippen LogP contribution in [0.15, 0.2) is 24.4 Å². The molecule has 2 fully saturated rings. The average molecular weight is 348 g/mol. The van der Waals surface area contributed by atoms with Crippen molar-refractivity contribution < 1.29 is 14.3 Å². The predicted molar refractivity (Wildman–Crippen MR) is 94.3 cm³/mol. The Morgan fingerprint density at radius 2 is 2.24 bits per heavy atom. The number of rotatable bonds is 8. The smallest absolute Gasteiger partial charge is 0.213 e. The molecule has 2 saturated heterocycles. The highest BCUT2D eigenvalue weighted by molar-refractivity contribution is 5.46. The van der Waals surface area contributed by atoms with Crippen molar-refractivity contribution in [2.45, 2.75) is 43.6 Å². The number of pyridine rings is 1. The Morgan fingerprint density at radius 1 is 1.36 bits per heavy atom. The summed E-state index contributed by atoms with van der Waals surface area (Å²) in [6.07, 6.45) is 5.66. The van der Waals surface area contributed by atoms with Gasteiger partial charge in [-0.25, -0.2) is 4.98 Å². The molecule has 1 aromatic heterocycles. The van der Waals surface area contributed by atoms with Crippen LogP contribution in [0, 0.1) is 0 Å². The summed E-state index contributed by atoms with van der Waals surface area (Å²) in [7, 11) is 4.15. The van der Waals surface area contributed by atoms with Gasteiger partial charge in [0.2, 0.25) is 12.3 Å². The Morgan fingerprint density at radius 3 is 2.92 bits per heavy atom. The number of aromatic nitrogens is 1. The maximum absolute atomic E-state index is 10.9. The molecule has 1 amide bonds. The Balaban J connectivity index is 1.59. The van der Waals surface area contributed by atoms with E-state index >= 15 is 0 Å². The standard InChI is InChI=1S/C18H28N4O3/c1-21-9-5-6-14(21)11-24-16-10-17(20-13-23)22(2)15(16)12-25-18-7-3-4-8-19-18/h3-4,7-8,13-17H,5-6,9-12H2,1-2H3,(H,20,23)/t14-,15-,16?,17?/m0/s1. The predicted octanol–water partition coefficient (Wildman–Crippen LogP) is 0.716. The zero-order chi connectivity index (χ0) is 17.6. The number of likely N-dealkylation sites (tertiary alicyclic amines) is 2. The average Bonchev–Trinajstić information content (AvgIpc) is 3.16. The summed E-state index contributed by atoms with van der Waals surface area (Å²) >= 11 is 0. The second-order valence-electron chi connectivity index (χ2n) is 6.90. The first-order chi connectivity index (χ1) is 12.2. The zero-order valence-electron chi connectivity index (χ0n) is 15.0. The molecule has 0 radical (unpaired) electrons. The normalized spacial score (nSPS) is 30.5. The van der Waals surface area contributed by atoms with Gasteiger partial charge in [-0.2, -0.15) is 0 Å². The molecule has 4 atom stereocenters. The van der Waals surface area contributed by atoms with Crippen LogP contribution in [-0.4, -0.2) is 79.4 Å². The van der Waals surface area contributed by atoms with E-state index in [4.69, 9.17) is 9.47 Å². The molecule has 138 valence electrons. The number of ether oxygens (including phenoxy) is 2. The number of nitrogens with zero attached hydrogens (tertiary/aromatic N) is 3. The van der Waals surface area contributed by atoms with Crippen molar-refractivity contribution in [2.75, 3.05) is 33.9 Å². The van der Waals surface area contributed by atoms with Gasteiger partial charge in [0.25, 0.3) is 0 Å². The van der Waals surface area contributed by atoms with Gasteiger partial charge in [0, 0.05) is 24.7 Å². The first kappa shape index (κ1) is 18.1. The van der Waals surface area contributed by atoms with Crippen LogP contribution in [0.25, 0.3) is 0 Å². The molecular formula is C18H28N4O3. The van der Waals surface area contributed by atoms with E-state index in [1.807, 2.05) is 25.2 Å². The number of carbonyl (C=O) groups excluding carboxylic acids is 1. The van der Waals surface area contributed by atoms with Gasteiger partial charge in [0.15, 0.2) is 0 Å². The van der Waals surface area contributed by atoms with Gasteiger partial charge < -0.3 is 19.7 Å². The van der Waals surface area contributed by atoms with Gasteiger partial charge in [-0.15, -0.1) is 0 Å². The van der Waals surface area contributed by atoms with E-state index in [0.717, 1.165) is 26.0 Å². The fourth-order valence-corrected chi connectivity index (χ4v) is 3.73. The van der Waals surface area contributed by atoms with Crippen molar-refractivity contribution in [3.05, 3.63) is 24.4 Å². The highest BCUT2D eigenvalue weighted by atomic mass is 16.5. The third-order valence-corrected chi connectivity index (χ3v) is 5.37. The zero-order valence-corrected chi connectivity index (χ0v) is 15.0. The first-order valence-electron chi connectivity index (χ1n) is 8.96. The molecule has 3 heterocycles. The largest absolute Gasteiger partial charge is 0.476 e. The van der Waals surface area contributed by atoms with E-state index in [0.29, 0.717) is 18.5 Å². The first-order valence-corrected chi connectivity index (χ1v) is 8.96. The third kappa shape index (κ3) is 4.48. The SMILES string of the molecule is CN1CCC[C@H]1COC1CC(NC=O)N(C)[C@H]1COc1ccccn1. The molecule has 0 bridgehead atoms. The van der Waals surface area contributed by atoms with Crippen molar-refractivity contribution in [2.24, 2.45) is 0 Å². The molecular weight excluding hydrogens is 320 g/mol. The monoisotopic (exact) mass is 348 g/mol. The highest BCUT2D eigenvalue weighted by Gasteiger charge is 2.40. The Hall–Kier alpha value is -1.70. The minimum atomic E-state index is -0.0267. The van der Waals surface area contributed by atoms with Gasteiger partial charge >= 0.3 is 0 Å². The summed E-state index contributed by atoms with van der Waals surface area (Å²) in [5, 5.41) is 2.87. The molecule has 1 N–H and O–H groups in total. The van der Waals surface area contributed by atoms with Crippen LogP contribution in [0.4, 0.5) is 0 Å².